The number of esters is 1. The lowest BCUT2D eigenvalue weighted by Crippen LogP contribution is -2.29. The molecule has 1 N–H and O–H groups in total. The molecule has 14 heavy (non-hydrogen) atoms. The summed E-state index contributed by atoms with van der Waals surface area (Å²) in [6.07, 6.45) is 0. The lowest BCUT2D eigenvalue weighted by molar-refractivity contribution is -0.139. The van der Waals surface area contributed by atoms with Crippen LogP contribution in [-0.2, 0) is 9.53 Å². The molecule has 1 amide bonds. The Labute approximate surface area is 81.9 Å². The van der Waals surface area contributed by atoms with Crippen molar-refractivity contribution in [2.45, 2.75) is 0 Å². The second-order valence-corrected chi connectivity index (χ2v) is 2.55. The molecule has 0 atom stereocenters. The molecule has 4 heteroatoms. The van der Waals surface area contributed by atoms with Crippen molar-refractivity contribution in [1.29, 1.82) is 0 Å². The van der Waals surface area contributed by atoms with E-state index in [1.807, 2.05) is 0 Å². The average molecular weight is 192 g/mol. The Morgan fingerprint density at radius 1 is 1.43 bits per heavy atom. The van der Waals surface area contributed by atoms with Crippen LogP contribution in [0.2, 0.25) is 0 Å². The highest BCUT2D eigenvalue weighted by molar-refractivity contribution is 5.95. The number of methoxy groups -OCH3 is 1. The summed E-state index contributed by atoms with van der Waals surface area (Å²) in [5, 5.41) is 2.42. The number of nitrogens with one attached hydrogen (secondary N) is 1. The molecule has 0 bridgehead atoms. The SMILES string of the molecule is COC(=O)CNC(=O)c1cc[c]cc1. The van der Waals surface area contributed by atoms with Gasteiger partial charge in [0.2, 0.25) is 0 Å². The van der Waals surface area contributed by atoms with Crippen LogP contribution in [0, 0.1) is 6.07 Å². The first-order valence-corrected chi connectivity index (χ1v) is 4.05. The topological polar surface area (TPSA) is 55.4 Å². The summed E-state index contributed by atoms with van der Waals surface area (Å²) in [5.74, 6) is -0.773. The Balaban J connectivity index is 2.48. The minimum atomic E-state index is -0.471. The second kappa shape index (κ2) is 5.01. The Hall–Kier alpha value is -1.84. The Morgan fingerprint density at radius 2 is 2.07 bits per heavy atom. The summed E-state index contributed by atoms with van der Waals surface area (Å²) >= 11 is 0. The van der Waals surface area contributed by atoms with Crippen molar-refractivity contribution in [3.05, 3.63) is 35.9 Å². The minimum absolute atomic E-state index is 0.117. The summed E-state index contributed by atoms with van der Waals surface area (Å²) in [4.78, 5) is 22.0. The van der Waals surface area contributed by atoms with Gasteiger partial charge in [-0.05, 0) is 18.2 Å². The summed E-state index contributed by atoms with van der Waals surface area (Å²) in [7, 11) is 1.27. The zero-order valence-corrected chi connectivity index (χ0v) is 7.74. The van der Waals surface area contributed by atoms with Gasteiger partial charge in [-0.3, -0.25) is 9.59 Å². The summed E-state index contributed by atoms with van der Waals surface area (Å²) in [6.45, 7) is -0.117. The number of rotatable bonds is 3. The van der Waals surface area contributed by atoms with Crippen molar-refractivity contribution in [1.82, 2.24) is 5.32 Å². The molecule has 0 saturated heterocycles. The molecule has 0 aliphatic rings. The molecule has 4 nitrogen and oxygen atoms in total. The maximum atomic E-state index is 11.3. The zero-order valence-electron chi connectivity index (χ0n) is 7.74. The first-order valence-electron chi connectivity index (χ1n) is 4.05. The molecule has 0 heterocycles. The lowest BCUT2D eigenvalue weighted by atomic mass is 10.2. The summed E-state index contributed by atoms with van der Waals surface area (Å²) in [5.41, 5.74) is 0.493. The van der Waals surface area contributed by atoms with Crippen LogP contribution in [0.4, 0.5) is 0 Å². The highest BCUT2D eigenvalue weighted by Crippen LogP contribution is 1.96. The maximum Gasteiger partial charge on any atom is 0.325 e. The Bertz CT molecular complexity index is 321. The number of hydrogen-bond acceptors (Lipinski definition) is 3. The van der Waals surface area contributed by atoms with Crippen molar-refractivity contribution in [2.24, 2.45) is 0 Å². The number of amides is 1. The summed E-state index contributed by atoms with van der Waals surface area (Å²) in [6, 6.07) is 9.29. The molecule has 0 aliphatic carbocycles. The molecular formula is C10H10NO3. The van der Waals surface area contributed by atoms with E-state index in [0.29, 0.717) is 5.56 Å². The number of carbonyl (C=O) groups is 2. The van der Waals surface area contributed by atoms with Crippen LogP contribution in [0.15, 0.2) is 24.3 Å². The van der Waals surface area contributed by atoms with E-state index in [0.717, 1.165) is 0 Å². The van der Waals surface area contributed by atoms with E-state index in [2.05, 4.69) is 16.1 Å². The van der Waals surface area contributed by atoms with Gasteiger partial charge < -0.3 is 10.1 Å². The van der Waals surface area contributed by atoms with Crippen LogP contribution in [0.25, 0.3) is 0 Å². The molecule has 1 radical (unpaired) electrons. The van der Waals surface area contributed by atoms with Crippen molar-refractivity contribution in [3.8, 4) is 0 Å². The van der Waals surface area contributed by atoms with Crippen molar-refractivity contribution >= 4 is 11.9 Å². The van der Waals surface area contributed by atoms with Gasteiger partial charge in [0, 0.05) is 5.56 Å². The quantitative estimate of drug-likeness (QED) is 0.705. The fourth-order valence-corrected chi connectivity index (χ4v) is 0.865. The normalized spacial score (nSPS) is 9.21. The van der Waals surface area contributed by atoms with E-state index in [9.17, 15) is 9.59 Å². The van der Waals surface area contributed by atoms with E-state index in [1.165, 1.54) is 7.11 Å². The fraction of sp³-hybridized carbons (Fsp3) is 0.200. The molecule has 0 aromatic heterocycles. The number of ether oxygens (including phenoxy) is 1. The fourth-order valence-electron chi connectivity index (χ4n) is 0.865. The van der Waals surface area contributed by atoms with Crippen LogP contribution in [0.3, 0.4) is 0 Å². The third kappa shape index (κ3) is 2.90. The van der Waals surface area contributed by atoms with Gasteiger partial charge in [0.25, 0.3) is 5.91 Å². The van der Waals surface area contributed by atoms with E-state index < -0.39 is 5.97 Å². The van der Waals surface area contributed by atoms with Crippen molar-refractivity contribution in [2.75, 3.05) is 13.7 Å². The van der Waals surface area contributed by atoms with Crippen LogP contribution < -0.4 is 5.32 Å². The third-order valence-electron chi connectivity index (χ3n) is 1.60. The standard InChI is InChI=1S/C10H10NO3/c1-14-9(12)7-11-10(13)8-5-3-2-4-6-8/h3-6H,7H2,1H3,(H,11,13). The summed E-state index contributed by atoms with van der Waals surface area (Å²) < 4.78 is 4.38. The van der Waals surface area contributed by atoms with Crippen LogP contribution >= 0.6 is 0 Å². The van der Waals surface area contributed by atoms with Crippen LogP contribution in [0.1, 0.15) is 10.4 Å². The average Bonchev–Trinajstić information content (AvgIpc) is 2.26. The Kier molecular flexibility index (Phi) is 3.67. The van der Waals surface area contributed by atoms with E-state index in [1.54, 1.807) is 24.3 Å². The van der Waals surface area contributed by atoms with Gasteiger partial charge in [0.1, 0.15) is 6.54 Å². The smallest absolute Gasteiger partial charge is 0.325 e. The van der Waals surface area contributed by atoms with Crippen LogP contribution in [-0.4, -0.2) is 25.5 Å². The van der Waals surface area contributed by atoms with Gasteiger partial charge >= 0.3 is 5.97 Å². The van der Waals surface area contributed by atoms with Gasteiger partial charge in [0.05, 0.1) is 7.11 Å². The largest absolute Gasteiger partial charge is 0.468 e. The highest BCUT2D eigenvalue weighted by Gasteiger charge is 2.06. The predicted octanol–water partition coefficient (Wildman–Crippen LogP) is 0.390. The second-order valence-electron chi connectivity index (χ2n) is 2.55. The molecular weight excluding hydrogens is 182 g/mol. The Morgan fingerprint density at radius 3 is 2.64 bits per heavy atom. The lowest BCUT2D eigenvalue weighted by Gasteiger charge is -2.02. The van der Waals surface area contributed by atoms with Gasteiger partial charge in [-0.15, -0.1) is 0 Å². The molecule has 0 spiro atoms. The van der Waals surface area contributed by atoms with E-state index in [4.69, 9.17) is 0 Å². The van der Waals surface area contributed by atoms with E-state index in [-0.39, 0.29) is 12.5 Å². The van der Waals surface area contributed by atoms with Gasteiger partial charge in [-0.25, -0.2) is 0 Å². The molecule has 0 saturated carbocycles. The molecule has 0 aliphatic heterocycles. The first-order chi connectivity index (χ1) is 6.74. The van der Waals surface area contributed by atoms with Crippen LogP contribution in [0.5, 0.6) is 0 Å². The molecule has 0 fully saturated rings. The number of carbonyl (C=O) groups excluding carboxylic acids is 2. The molecule has 1 aromatic rings. The molecule has 1 rings (SSSR count). The minimum Gasteiger partial charge on any atom is -0.468 e. The monoisotopic (exact) mass is 192 g/mol. The van der Waals surface area contributed by atoms with Crippen molar-refractivity contribution in [3.63, 3.8) is 0 Å². The predicted molar refractivity (Wildman–Crippen MR) is 49.6 cm³/mol. The maximum absolute atomic E-state index is 11.3. The molecule has 0 unspecified atom stereocenters. The highest BCUT2D eigenvalue weighted by atomic mass is 16.5. The molecule has 73 valence electrons. The third-order valence-corrected chi connectivity index (χ3v) is 1.60. The van der Waals surface area contributed by atoms with Gasteiger partial charge in [-0.1, -0.05) is 12.1 Å². The first kappa shape index (κ1) is 10.2. The molecule has 1 aromatic carbocycles. The number of hydrogen-bond donors (Lipinski definition) is 1. The zero-order chi connectivity index (χ0) is 10.4. The number of benzene rings is 1. The van der Waals surface area contributed by atoms with Crippen molar-refractivity contribution < 1.29 is 14.3 Å². The van der Waals surface area contributed by atoms with Gasteiger partial charge in [0.15, 0.2) is 0 Å². The van der Waals surface area contributed by atoms with E-state index >= 15 is 0 Å². The van der Waals surface area contributed by atoms with Gasteiger partial charge in [-0.2, -0.15) is 0 Å².